The standard InChI is InChI=1S/C24H19ClF2N6O/c25-17-7-15(8-19(27)9-17)12-32(20-4-1-16(2-5-20)21-11-30-14-31-21)24(34)10-23(29)33-13-18(26)3-6-22(33)28/h1-9,11,13-14,28-29H,10,12H2,(H,30,31). The average Bonchev–Trinajstić information content (AvgIpc) is 3.33. The van der Waals surface area contributed by atoms with Crippen molar-refractivity contribution in [2.24, 2.45) is 0 Å². The molecule has 2 aromatic carbocycles. The molecule has 172 valence electrons. The van der Waals surface area contributed by atoms with Crippen LogP contribution in [0.5, 0.6) is 0 Å². The van der Waals surface area contributed by atoms with Crippen LogP contribution in [0.4, 0.5) is 14.5 Å². The van der Waals surface area contributed by atoms with Crippen molar-refractivity contribution in [3.05, 3.63) is 101 Å². The van der Waals surface area contributed by atoms with E-state index in [1.165, 1.54) is 23.1 Å². The van der Waals surface area contributed by atoms with E-state index in [9.17, 15) is 13.6 Å². The van der Waals surface area contributed by atoms with Gasteiger partial charge >= 0.3 is 0 Å². The average molecular weight is 481 g/mol. The number of halogens is 3. The number of anilines is 1. The fourth-order valence-electron chi connectivity index (χ4n) is 3.46. The lowest BCUT2D eigenvalue weighted by atomic mass is 10.1. The number of hydrogen-bond donors (Lipinski definition) is 3. The summed E-state index contributed by atoms with van der Waals surface area (Å²) in [5.41, 5.74) is 2.49. The lowest BCUT2D eigenvalue weighted by Crippen LogP contribution is -2.35. The van der Waals surface area contributed by atoms with Crippen molar-refractivity contribution >= 4 is 29.0 Å². The minimum atomic E-state index is -0.631. The lowest BCUT2D eigenvalue weighted by molar-refractivity contribution is -0.117. The maximum atomic E-state index is 13.9. The molecule has 0 atom stereocenters. The van der Waals surface area contributed by atoms with Gasteiger partial charge in [-0.1, -0.05) is 23.7 Å². The molecule has 0 bridgehead atoms. The van der Waals surface area contributed by atoms with E-state index in [1.807, 2.05) is 0 Å². The molecule has 0 saturated heterocycles. The highest BCUT2D eigenvalue weighted by atomic mass is 35.5. The smallest absolute Gasteiger partial charge is 0.234 e. The molecular formula is C24H19ClF2N6O. The Morgan fingerprint density at radius 1 is 1.09 bits per heavy atom. The minimum absolute atomic E-state index is 0.00541. The Balaban J connectivity index is 1.65. The molecule has 0 fully saturated rings. The van der Waals surface area contributed by atoms with Gasteiger partial charge in [0.1, 0.15) is 23.0 Å². The third-order valence-corrected chi connectivity index (χ3v) is 5.29. The number of aromatic amines is 1. The van der Waals surface area contributed by atoms with Crippen LogP contribution < -0.4 is 10.4 Å². The molecule has 0 saturated carbocycles. The lowest BCUT2D eigenvalue weighted by Gasteiger charge is -2.24. The van der Waals surface area contributed by atoms with Crippen molar-refractivity contribution < 1.29 is 13.6 Å². The normalized spacial score (nSPS) is 10.8. The molecule has 0 aliphatic carbocycles. The number of carbonyl (C=O) groups excluding carboxylic acids is 1. The topological polar surface area (TPSA) is 102 Å². The first-order valence-corrected chi connectivity index (χ1v) is 10.5. The van der Waals surface area contributed by atoms with Crippen LogP contribution in [-0.4, -0.2) is 26.3 Å². The summed E-state index contributed by atoms with van der Waals surface area (Å²) in [5, 5.41) is 16.4. The summed E-state index contributed by atoms with van der Waals surface area (Å²) in [7, 11) is 0. The third kappa shape index (κ3) is 5.26. The summed E-state index contributed by atoms with van der Waals surface area (Å²) in [6, 6.07) is 13.4. The Morgan fingerprint density at radius 3 is 2.53 bits per heavy atom. The van der Waals surface area contributed by atoms with Gasteiger partial charge in [0.25, 0.3) is 0 Å². The minimum Gasteiger partial charge on any atom is -0.345 e. The van der Waals surface area contributed by atoms with Gasteiger partial charge in [-0.05, 0) is 53.6 Å². The largest absolute Gasteiger partial charge is 0.345 e. The SMILES string of the molecule is N=C(CC(=O)N(Cc1cc(F)cc(Cl)c1)c1ccc(-c2cnc[nH]2)cc1)n1cc(F)ccc1=N. The van der Waals surface area contributed by atoms with Crippen LogP contribution in [0.1, 0.15) is 12.0 Å². The van der Waals surface area contributed by atoms with E-state index in [4.69, 9.17) is 22.4 Å². The number of rotatable bonds is 6. The molecule has 10 heteroatoms. The molecule has 0 aliphatic rings. The van der Waals surface area contributed by atoms with Gasteiger partial charge in [0, 0.05) is 16.9 Å². The summed E-state index contributed by atoms with van der Waals surface area (Å²) in [6.07, 6.45) is 3.80. The molecule has 2 aromatic heterocycles. The van der Waals surface area contributed by atoms with Crippen molar-refractivity contribution in [3.63, 3.8) is 0 Å². The molecule has 7 nitrogen and oxygen atoms in total. The van der Waals surface area contributed by atoms with Crippen LogP contribution in [-0.2, 0) is 11.3 Å². The Kier molecular flexibility index (Phi) is 6.65. The molecular weight excluding hydrogens is 462 g/mol. The highest BCUT2D eigenvalue weighted by Crippen LogP contribution is 2.25. The number of aromatic nitrogens is 3. The number of nitrogens with zero attached hydrogens (tertiary/aromatic N) is 3. The van der Waals surface area contributed by atoms with Gasteiger partial charge in [-0.15, -0.1) is 0 Å². The van der Waals surface area contributed by atoms with Crippen molar-refractivity contribution in [2.45, 2.75) is 13.0 Å². The Morgan fingerprint density at radius 2 is 1.85 bits per heavy atom. The monoisotopic (exact) mass is 480 g/mol. The number of amides is 1. The maximum Gasteiger partial charge on any atom is 0.234 e. The number of pyridine rings is 1. The molecule has 3 N–H and O–H groups in total. The Hall–Kier alpha value is -4.11. The van der Waals surface area contributed by atoms with E-state index >= 15 is 0 Å². The molecule has 34 heavy (non-hydrogen) atoms. The van der Waals surface area contributed by atoms with Crippen molar-refractivity contribution in [1.29, 1.82) is 10.8 Å². The first-order chi connectivity index (χ1) is 16.3. The summed E-state index contributed by atoms with van der Waals surface area (Å²) in [4.78, 5) is 21.7. The van der Waals surface area contributed by atoms with Crippen LogP contribution in [0, 0.1) is 22.5 Å². The van der Waals surface area contributed by atoms with Crippen LogP contribution in [0.2, 0.25) is 5.02 Å². The predicted octanol–water partition coefficient (Wildman–Crippen LogP) is 4.74. The molecule has 0 radical (unpaired) electrons. The van der Waals surface area contributed by atoms with Crippen LogP contribution in [0.3, 0.4) is 0 Å². The molecule has 0 unspecified atom stereocenters. The second kappa shape index (κ2) is 9.80. The van der Waals surface area contributed by atoms with E-state index in [-0.39, 0.29) is 22.9 Å². The molecule has 4 rings (SSSR count). The first kappa shape index (κ1) is 23.1. The highest BCUT2D eigenvalue weighted by molar-refractivity contribution is 6.30. The quantitative estimate of drug-likeness (QED) is 0.274. The van der Waals surface area contributed by atoms with E-state index in [0.717, 1.165) is 28.1 Å². The second-order valence-electron chi connectivity index (χ2n) is 7.50. The van der Waals surface area contributed by atoms with E-state index in [1.54, 1.807) is 42.9 Å². The van der Waals surface area contributed by atoms with E-state index in [2.05, 4.69) is 9.97 Å². The zero-order valence-corrected chi connectivity index (χ0v) is 18.5. The first-order valence-electron chi connectivity index (χ1n) is 10.1. The third-order valence-electron chi connectivity index (χ3n) is 5.07. The van der Waals surface area contributed by atoms with Gasteiger partial charge in [0.15, 0.2) is 0 Å². The molecule has 1 amide bonds. The van der Waals surface area contributed by atoms with Gasteiger partial charge in [-0.3, -0.25) is 20.2 Å². The highest BCUT2D eigenvalue weighted by Gasteiger charge is 2.20. The summed E-state index contributed by atoms with van der Waals surface area (Å²) >= 11 is 5.99. The van der Waals surface area contributed by atoms with Gasteiger partial charge in [0.05, 0.1) is 31.2 Å². The van der Waals surface area contributed by atoms with Crippen LogP contribution >= 0.6 is 11.6 Å². The fraction of sp³-hybridized carbons (Fsp3) is 0.0833. The van der Waals surface area contributed by atoms with Crippen molar-refractivity contribution in [3.8, 4) is 11.3 Å². The van der Waals surface area contributed by atoms with Gasteiger partial charge in [0.2, 0.25) is 5.91 Å². The number of nitrogens with one attached hydrogen (secondary N) is 3. The summed E-state index contributed by atoms with van der Waals surface area (Å²) < 4.78 is 28.5. The molecule has 0 spiro atoms. The summed E-state index contributed by atoms with van der Waals surface area (Å²) in [5.74, 6) is -1.93. The Labute approximate surface area is 198 Å². The van der Waals surface area contributed by atoms with Gasteiger partial charge in [-0.2, -0.15) is 0 Å². The molecule has 2 heterocycles. The summed E-state index contributed by atoms with van der Waals surface area (Å²) in [6.45, 7) is -0.00541. The maximum absolute atomic E-state index is 13.9. The van der Waals surface area contributed by atoms with E-state index in [0.29, 0.717) is 11.3 Å². The van der Waals surface area contributed by atoms with Gasteiger partial charge < -0.3 is 9.88 Å². The molecule has 4 aromatic rings. The molecule has 0 aliphatic heterocycles. The number of benzene rings is 2. The van der Waals surface area contributed by atoms with Crippen LogP contribution in [0.15, 0.2) is 73.3 Å². The second-order valence-corrected chi connectivity index (χ2v) is 7.93. The number of carbonyl (C=O) groups is 1. The number of H-pyrrole nitrogens is 1. The zero-order valence-electron chi connectivity index (χ0n) is 17.7. The Bertz CT molecular complexity index is 1380. The number of imidazole rings is 1. The predicted molar refractivity (Wildman–Crippen MR) is 125 cm³/mol. The fourth-order valence-corrected chi connectivity index (χ4v) is 3.71. The van der Waals surface area contributed by atoms with Crippen molar-refractivity contribution in [1.82, 2.24) is 14.5 Å². The van der Waals surface area contributed by atoms with Gasteiger partial charge in [-0.25, -0.2) is 13.8 Å². The van der Waals surface area contributed by atoms with Crippen LogP contribution in [0.25, 0.3) is 11.3 Å². The van der Waals surface area contributed by atoms with E-state index < -0.39 is 24.0 Å². The number of hydrogen-bond acceptors (Lipinski definition) is 4. The van der Waals surface area contributed by atoms with Crippen molar-refractivity contribution in [2.75, 3.05) is 4.90 Å². The zero-order chi connectivity index (χ0) is 24.2.